The number of hydrogen-bond donors (Lipinski definition) is 4. The molecule has 2 heterocycles. The third-order valence-electron chi connectivity index (χ3n) is 5.56. The molecule has 2 aliphatic rings. The Balaban J connectivity index is 1.35. The summed E-state index contributed by atoms with van der Waals surface area (Å²) in [6.45, 7) is 2.07. The van der Waals surface area contributed by atoms with E-state index in [1.165, 1.54) is 0 Å². The Morgan fingerprint density at radius 3 is 2.66 bits per heavy atom. The average Bonchev–Trinajstić information content (AvgIpc) is 3.08. The highest BCUT2D eigenvalue weighted by atomic mass is 35.5. The molecule has 10 nitrogen and oxygen atoms in total. The summed E-state index contributed by atoms with van der Waals surface area (Å²) in [6.07, 6.45) is 1.26. The van der Waals surface area contributed by atoms with E-state index in [4.69, 9.17) is 11.6 Å². The van der Waals surface area contributed by atoms with Crippen LogP contribution >= 0.6 is 11.6 Å². The van der Waals surface area contributed by atoms with Gasteiger partial charge in [-0.2, -0.15) is 0 Å². The van der Waals surface area contributed by atoms with Crippen molar-refractivity contribution < 1.29 is 24.0 Å². The van der Waals surface area contributed by atoms with Crippen LogP contribution in [0.1, 0.15) is 24.0 Å². The highest BCUT2D eigenvalue weighted by Gasteiger charge is 2.42. The predicted octanol–water partition coefficient (Wildman–Crippen LogP) is 2.44. The Bertz CT molecular complexity index is 1270. The highest BCUT2D eigenvalue weighted by molar-refractivity contribution is 6.31. The standard InChI is InChI=1S/C24H22ClN5O5/c1-13-5-6-16(10-17(13)25)28-24(35)26-12-14-3-2-4-15(9-14)27-18-11-21(32)30(23(18)34)19-7-8-20(31)29-22(19)33/h2-6,9-11,19,27H,7-8,12H2,1H3,(H2,26,28,35)(H,29,31,33). The molecule has 1 fully saturated rings. The van der Waals surface area contributed by atoms with Crippen LogP contribution in [-0.2, 0) is 25.7 Å². The third-order valence-corrected chi connectivity index (χ3v) is 5.97. The molecule has 2 aromatic rings. The Morgan fingerprint density at radius 1 is 1.11 bits per heavy atom. The van der Waals surface area contributed by atoms with Gasteiger partial charge in [0, 0.05) is 35.4 Å². The Morgan fingerprint density at radius 2 is 1.91 bits per heavy atom. The molecule has 0 saturated carbocycles. The van der Waals surface area contributed by atoms with E-state index in [0.29, 0.717) is 16.4 Å². The smallest absolute Gasteiger partial charge is 0.319 e. The zero-order valence-electron chi connectivity index (χ0n) is 18.7. The summed E-state index contributed by atoms with van der Waals surface area (Å²) in [5, 5.41) is 11.0. The number of imide groups is 2. The Kier molecular flexibility index (Phi) is 6.83. The fourth-order valence-corrected chi connectivity index (χ4v) is 3.92. The van der Waals surface area contributed by atoms with Gasteiger partial charge in [-0.25, -0.2) is 4.79 Å². The monoisotopic (exact) mass is 495 g/mol. The summed E-state index contributed by atoms with van der Waals surface area (Å²) in [7, 11) is 0. The molecule has 1 atom stereocenters. The van der Waals surface area contributed by atoms with E-state index in [1.807, 2.05) is 6.92 Å². The van der Waals surface area contributed by atoms with Crippen LogP contribution in [0.3, 0.4) is 0 Å². The summed E-state index contributed by atoms with van der Waals surface area (Å²) in [5.74, 6) is -2.38. The summed E-state index contributed by atoms with van der Waals surface area (Å²) in [5.41, 5.74) is 2.74. The molecule has 6 amide bonds. The number of benzene rings is 2. The lowest BCUT2D eigenvalue weighted by atomic mass is 10.0. The molecule has 0 aromatic heterocycles. The zero-order valence-corrected chi connectivity index (χ0v) is 19.4. The topological polar surface area (TPSA) is 137 Å². The predicted molar refractivity (Wildman–Crippen MR) is 128 cm³/mol. The van der Waals surface area contributed by atoms with Crippen molar-refractivity contribution in [2.24, 2.45) is 0 Å². The minimum Gasteiger partial charge on any atom is -0.351 e. The molecular weight excluding hydrogens is 474 g/mol. The first kappa shape index (κ1) is 24.0. The molecule has 0 spiro atoms. The fourth-order valence-electron chi connectivity index (χ4n) is 3.74. The lowest BCUT2D eigenvalue weighted by Gasteiger charge is -2.28. The number of rotatable bonds is 6. The quantitative estimate of drug-likeness (QED) is 0.454. The Hall–Kier alpha value is -4.18. The number of halogens is 1. The van der Waals surface area contributed by atoms with Gasteiger partial charge in [0.2, 0.25) is 11.8 Å². The van der Waals surface area contributed by atoms with Gasteiger partial charge in [-0.3, -0.25) is 29.4 Å². The Labute approximate surface area is 205 Å². The first-order chi connectivity index (χ1) is 16.7. The van der Waals surface area contributed by atoms with Crippen LogP contribution in [-0.4, -0.2) is 40.6 Å². The SMILES string of the molecule is Cc1ccc(NC(=O)NCc2cccc(NC3=CC(=O)N(C4CCC(=O)NC4=O)C3=O)c2)cc1Cl. The van der Waals surface area contributed by atoms with E-state index in [2.05, 4.69) is 21.3 Å². The van der Waals surface area contributed by atoms with Crippen LogP contribution in [0.2, 0.25) is 5.02 Å². The van der Waals surface area contributed by atoms with Crippen molar-refractivity contribution in [2.45, 2.75) is 32.4 Å². The molecule has 11 heteroatoms. The maximum absolute atomic E-state index is 12.8. The van der Waals surface area contributed by atoms with E-state index >= 15 is 0 Å². The fraction of sp³-hybridized carbons (Fsp3) is 0.208. The van der Waals surface area contributed by atoms with Crippen LogP contribution in [0.25, 0.3) is 0 Å². The van der Waals surface area contributed by atoms with E-state index in [-0.39, 0.29) is 25.1 Å². The van der Waals surface area contributed by atoms with Crippen molar-refractivity contribution in [2.75, 3.05) is 10.6 Å². The number of carbonyl (C=O) groups is 5. The van der Waals surface area contributed by atoms with Gasteiger partial charge < -0.3 is 16.0 Å². The first-order valence-corrected chi connectivity index (χ1v) is 11.2. The van der Waals surface area contributed by atoms with E-state index in [1.54, 1.807) is 42.5 Å². The molecule has 35 heavy (non-hydrogen) atoms. The van der Waals surface area contributed by atoms with Crippen molar-refractivity contribution in [3.8, 4) is 0 Å². The number of carbonyl (C=O) groups excluding carboxylic acids is 5. The van der Waals surface area contributed by atoms with Gasteiger partial charge in [0.05, 0.1) is 0 Å². The third kappa shape index (κ3) is 5.49. The molecule has 0 radical (unpaired) electrons. The zero-order chi connectivity index (χ0) is 25.1. The van der Waals surface area contributed by atoms with Gasteiger partial charge in [0.25, 0.3) is 11.8 Å². The maximum Gasteiger partial charge on any atom is 0.319 e. The van der Waals surface area contributed by atoms with Crippen molar-refractivity contribution in [1.29, 1.82) is 0 Å². The largest absolute Gasteiger partial charge is 0.351 e. The second kappa shape index (κ2) is 9.98. The normalized spacial score (nSPS) is 17.7. The summed E-state index contributed by atoms with van der Waals surface area (Å²) in [6, 6.07) is 10.7. The molecule has 0 bridgehead atoms. The highest BCUT2D eigenvalue weighted by Crippen LogP contribution is 2.23. The average molecular weight is 496 g/mol. The van der Waals surface area contributed by atoms with Crippen molar-refractivity contribution in [3.05, 3.63) is 70.4 Å². The lowest BCUT2D eigenvalue weighted by Crippen LogP contribution is -2.54. The van der Waals surface area contributed by atoms with E-state index in [0.717, 1.165) is 22.1 Å². The van der Waals surface area contributed by atoms with Gasteiger partial charge in [-0.1, -0.05) is 29.8 Å². The minimum absolute atomic E-state index is 0.0128. The van der Waals surface area contributed by atoms with Crippen molar-refractivity contribution in [1.82, 2.24) is 15.5 Å². The molecule has 4 N–H and O–H groups in total. The number of nitrogens with zero attached hydrogens (tertiary/aromatic N) is 1. The first-order valence-electron chi connectivity index (χ1n) is 10.8. The molecule has 1 unspecified atom stereocenters. The summed E-state index contributed by atoms with van der Waals surface area (Å²) < 4.78 is 0. The molecule has 0 aliphatic carbocycles. The summed E-state index contributed by atoms with van der Waals surface area (Å²) in [4.78, 5) is 61.8. The number of nitrogens with one attached hydrogen (secondary N) is 4. The number of piperidine rings is 1. The van der Waals surface area contributed by atoms with E-state index < -0.39 is 35.7 Å². The van der Waals surface area contributed by atoms with Gasteiger partial charge in [-0.05, 0) is 48.7 Å². The number of aryl methyl sites for hydroxylation is 1. The second-order valence-corrected chi connectivity index (χ2v) is 8.54. The number of anilines is 2. The lowest BCUT2D eigenvalue weighted by molar-refractivity contribution is -0.149. The molecule has 2 aromatic carbocycles. The van der Waals surface area contributed by atoms with Crippen LogP contribution < -0.4 is 21.3 Å². The molecular formula is C24H22ClN5O5. The number of hydrogen-bond acceptors (Lipinski definition) is 6. The number of urea groups is 1. The summed E-state index contributed by atoms with van der Waals surface area (Å²) >= 11 is 6.08. The van der Waals surface area contributed by atoms with Crippen LogP contribution in [0, 0.1) is 6.92 Å². The van der Waals surface area contributed by atoms with Gasteiger partial charge in [0.15, 0.2) is 0 Å². The van der Waals surface area contributed by atoms with Gasteiger partial charge in [-0.15, -0.1) is 0 Å². The van der Waals surface area contributed by atoms with Crippen molar-refractivity contribution >= 4 is 52.6 Å². The molecule has 4 rings (SSSR count). The number of amides is 6. The van der Waals surface area contributed by atoms with Gasteiger partial charge >= 0.3 is 6.03 Å². The molecule has 2 aliphatic heterocycles. The van der Waals surface area contributed by atoms with Crippen molar-refractivity contribution in [3.63, 3.8) is 0 Å². The minimum atomic E-state index is -1.03. The van der Waals surface area contributed by atoms with Gasteiger partial charge in [0.1, 0.15) is 11.7 Å². The van der Waals surface area contributed by atoms with E-state index in [9.17, 15) is 24.0 Å². The molecule has 1 saturated heterocycles. The second-order valence-electron chi connectivity index (χ2n) is 8.14. The molecule has 180 valence electrons. The van der Waals surface area contributed by atoms with Crippen LogP contribution in [0.5, 0.6) is 0 Å². The van der Waals surface area contributed by atoms with Crippen LogP contribution in [0.15, 0.2) is 54.2 Å². The van der Waals surface area contributed by atoms with Crippen LogP contribution in [0.4, 0.5) is 16.2 Å². The maximum atomic E-state index is 12.8.